The van der Waals surface area contributed by atoms with Crippen molar-refractivity contribution < 1.29 is 23.7 Å². The van der Waals surface area contributed by atoms with E-state index in [1.165, 1.54) is 0 Å². The quantitative estimate of drug-likeness (QED) is 0.178. The highest BCUT2D eigenvalue weighted by atomic mass is 32.2. The van der Waals surface area contributed by atoms with Crippen LogP contribution in [0.25, 0.3) is 22.5 Å². The van der Waals surface area contributed by atoms with Gasteiger partial charge in [-0.25, -0.2) is 4.57 Å². The molecule has 0 aliphatic carbocycles. The van der Waals surface area contributed by atoms with Gasteiger partial charge in [-0.05, 0) is 41.0 Å². The monoisotopic (exact) mass is 567 g/mol. The van der Waals surface area contributed by atoms with Gasteiger partial charge in [0.15, 0.2) is 6.73 Å². The standard InChI is InChI=1S/C27H30N5O5PS/c1-18-9-11-19(12-10-18)15-25(33)28-23-16-20(13-14-24(23)39-27(2,3)4)21-7-5-6-8-22(21)26-29-31-32(30-26)17-37-38(34,35)36/h5-14,16H,15,17H2,1-4H3,(H,28,33)(H2,34,35,36). The molecule has 3 aromatic carbocycles. The van der Waals surface area contributed by atoms with Crippen LogP contribution >= 0.6 is 19.6 Å². The number of nitrogens with zero attached hydrogens (tertiary/aromatic N) is 4. The third kappa shape index (κ3) is 8.32. The van der Waals surface area contributed by atoms with Crippen LogP contribution in [0.5, 0.6) is 0 Å². The second-order valence-electron chi connectivity index (χ2n) is 9.92. The minimum absolute atomic E-state index is 0.0759. The largest absolute Gasteiger partial charge is 0.471 e. The van der Waals surface area contributed by atoms with Crippen molar-refractivity contribution in [1.29, 1.82) is 0 Å². The summed E-state index contributed by atoms with van der Waals surface area (Å²) in [7, 11) is -4.68. The maximum atomic E-state index is 13.0. The second-order valence-corrected chi connectivity index (χ2v) is 13.0. The molecular weight excluding hydrogens is 537 g/mol. The number of thioether (sulfide) groups is 1. The van der Waals surface area contributed by atoms with Gasteiger partial charge in [0, 0.05) is 15.2 Å². The zero-order valence-electron chi connectivity index (χ0n) is 22.0. The molecule has 4 rings (SSSR count). The number of aryl methyl sites for hydroxylation is 1. The number of carbonyl (C=O) groups is 1. The van der Waals surface area contributed by atoms with Gasteiger partial charge in [-0.15, -0.1) is 26.8 Å². The highest BCUT2D eigenvalue weighted by Gasteiger charge is 2.20. The first-order chi connectivity index (χ1) is 18.4. The van der Waals surface area contributed by atoms with Crippen LogP contribution < -0.4 is 5.32 Å². The molecule has 1 amide bonds. The maximum absolute atomic E-state index is 13.0. The summed E-state index contributed by atoms with van der Waals surface area (Å²) in [4.78, 5) is 32.8. The fraction of sp³-hybridized carbons (Fsp3) is 0.259. The topological polar surface area (TPSA) is 139 Å². The molecule has 204 valence electrons. The van der Waals surface area contributed by atoms with Gasteiger partial charge < -0.3 is 15.1 Å². The van der Waals surface area contributed by atoms with E-state index in [9.17, 15) is 9.36 Å². The van der Waals surface area contributed by atoms with E-state index in [0.717, 1.165) is 31.9 Å². The van der Waals surface area contributed by atoms with E-state index in [2.05, 4.69) is 46.0 Å². The summed E-state index contributed by atoms with van der Waals surface area (Å²) in [5.74, 6) is 0.146. The normalized spacial score (nSPS) is 11.9. The molecule has 12 heteroatoms. The van der Waals surface area contributed by atoms with E-state index in [1.54, 1.807) is 11.8 Å². The smallest absolute Gasteiger partial charge is 0.325 e. The van der Waals surface area contributed by atoms with Gasteiger partial charge in [0.05, 0.1) is 12.1 Å². The number of benzene rings is 3. The van der Waals surface area contributed by atoms with E-state index in [0.29, 0.717) is 11.3 Å². The van der Waals surface area contributed by atoms with E-state index in [4.69, 9.17) is 9.79 Å². The second kappa shape index (κ2) is 11.8. The highest BCUT2D eigenvalue weighted by molar-refractivity contribution is 8.00. The van der Waals surface area contributed by atoms with Crippen LogP contribution in [0.2, 0.25) is 0 Å². The molecule has 0 unspecified atom stereocenters. The lowest BCUT2D eigenvalue weighted by Gasteiger charge is -2.21. The first kappa shape index (κ1) is 28.7. The number of anilines is 1. The molecule has 0 aliphatic heterocycles. The Bertz CT molecular complexity index is 1510. The first-order valence-electron chi connectivity index (χ1n) is 12.1. The molecule has 0 saturated carbocycles. The summed E-state index contributed by atoms with van der Waals surface area (Å²) in [5.41, 5.74) is 5.06. The number of rotatable bonds is 9. The van der Waals surface area contributed by atoms with Crippen LogP contribution in [-0.4, -0.2) is 40.6 Å². The Morgan fingerprint density at radius 1 is 1.05 bits per heavy atom. The summed E-state index contributed by atoms with van der Waals surface area (Å²) < 4.78 is 15.4. The Hall–Kier alpha value is -3.34. The molecule has 0 aliphatic rings. The molecule has 10 nitrogen and oxygen atoms in total. The number of nitrogens with one attached hydrogen (secondary N) is 1. The number of aromatic nitrogens is 4. The maximum Gasteiger partial charge on any atom is 0.471 e. The molecular formula is C27H30N5O5PS. The fourth-order valence-corrected chi connectivity index (χ4v) is 5.03. The van der Waals surface area contributed by atoms with Crippen molar-refractivity contribution in [3.05, 3.63) is 77.9 Å². The van der Waals surface area contributed by atoms with Crippen molar-refractivity contribution in [2.24, 2.45) is 0 Å². The third-order valence-corrected chi connectivity index (χ3v) is 7.07. The van der Waals surface area contributed by atoms with Gasteiger partial charge in [0.2, 0.25) is 11.7 Å². The van der Waals surface area contributed by atoms with Crippen LogP contribution in [0.15, 0.2) is 71.6 Å². The van der Waals surface area contributed by atoms with Crippen molar-refractivity contribution in [1.82, 2.24) is 20.2 Å². The van der Waals surface area contributed by atoms with Gasteiger partial charge in [0.25, 0.3) is 0 Å². The van der Waals surface area contributed by atoms with Gasteiger partial charge in [0.1, 0.15) is 0 Å². The van der Waals surface area contributed by atoms with Gasteiger partial charge in [-0.2, -0.15) is 0 Å². The lowest BCUT2D eigenvalue weighted by atomic mass is 9.99. The SMILES string of the molecule is Cc1ccc(CC(=O)Nc2cc(-c3ccccc3-c3nnn(COP(=O)(O)O)n3)ccc2SC(C)(C)C)cc1. The van der Waals surface area contributed by atoms with Crippen LogP contribution in [0.4, 0.5) is 5.69 Å². The molecule has 0 fully saturated rings. The number of phosphoric ester groups is 1. The third-order valence-electron chi connectivity index (χ3n) is 5.43. The van der Waals surface area contributed by atoms with Crippen molar-refractivity contribution in [3.63, 3.8) is 0 Å². The fourth-order valence-electron chi connectivity index (χ4n) is 3.76. The molecule has 0 radical (unpaired) electrons. The molecule has 39 heavy (non-hydrogen) atoms. The van der Waals surface area contributed by atoms with Crippen molar-refractivity contribution in [2.45, 2.75) is 50.5 Å². The summed E-state index contributed by atoms with van der Waals surface area (Å²) >= 11 is 1.66. The van der Waals surface area contributed by atoms with Gasteiger partial charge in [-0.3, -0.25) is 9.32 Å². The Labute approximate surface area is 231 Å². The van der Waals surface area contributed by atoms with Gasteiger partial charge >= 0.3 is 7.82 Å². The highest BCUT2D eigenvalue weighted by Crippen LogP contribution is 2.40. The summed E-state index contributed by atoms with van der Waals surface area (Å²) in [5, 5.41) is 15.2. The lowest BCUT2D eigenvalue weighted by Crippen LogP contribution is -2.16. The molecule has 0 saturated heterocycles. The molecule has 0 bridgehead atoms. The minimum atomic E-state index is -4.68. The Morgan fingerprint density at radius 2 is 1.74 bits per heavy atom. The molecule has 4 aromatic rings. The Morgan fingerprint density at radius 3 is 2.41 bits per heavy atom. The van der Waals surface area contributed by atoms with Crippen molar-refractivity contribution >= 4 is 31.2 Å². The van der Waals surface area contributed by atoms with E-state index in [-0.39, 0.29) is 22.9 Å². The van der Waals surface area contributed by atoms with Crippen LogP contribution in [0.1, 0.15) is 31.9 Å². The zero-order chi connectivity index (χ0) is 28.2. The molecule has 3 N–H and O–H groups in total. The van der Waals surface area contributed by atoms with Crippen molar-refractivity contribution in [2.75, 3.05) is 5.32 Å². The first-order valence-corrected chi connectivity index (χ1v) is 14.5. The summed E-state index contributed by atoms with van der Waals surface area (Å²) in [6.45, 7) is 7.81. The number of carbonyl (C=O) groups excluding carboxylic acids is 1. The van der Waals surface area contributed by atoms with Crippen LogP contribution in [-0.2, 0) is 27.0 Å². The summed E-state index contributed by atoms with van der Waals surface area (Å²) in [6.07, 6.45) is 0.254. The average Bonchev–Trinajstić information content (AvgIpc) is 3.33. The Kier molecular flexibility index (Phi) is 8.68. The number of phosphoric acid groups is 1. The lowest BCUT2D eigenvalue weighted by molar-refractivity contribution is -0.115. The zero-order valence-corrected chi connectivity index (χ0v) is 23.7. The van der Waals surface area contributed by atoms with Gasteiger partial charge in [-0.1, -0.05) is 80.9 Å². The number of amides is 1. The average molecular weight is 568 g/mol. The minimum Gasteiger partial charge on any atom is -0.325 e. The predicted octanol–water partition coefficient (Wildman–Crippen LogP) is 5.45. The Balaban J connectivity index is 1.65. The van der Waals surface area contributed by atoms with Crippen LogP contribution in [0, 0.1) is 6.92 Å². The number of hydrogen-bond donors (Lipinski definition) is 3. The van der Waals surface area contributed by atoms with Crippen LogP contribution in [0.3, 0.4) is 0 Å². The number of tetrazole rings is 1. The van der Waals surface area contributed by atoms with E-state index >= 15 is 0 Å². The summed E-state index contributed by atoms with van der Waals surface area (Å²) in [6, 6.07) is 21.2. The predicted molar refractivity (Wildman–Crippen MR) is 151 cm³/mol. The molecule has 1 heterocycles. The van der Waals surface area contributed by atoms with E-state index in [1.807, 2.05) is 73.7 Å². The van der Waals surface area contributed by atoms with Crippen molar-refractivity contribution in [3.8, 4) is 22.5 Å². The molecule has 1 aromatic heterocycles. The molecule has 0 spiro atoms. The number of hydrogen-bond acceptors (Lipinski definition) is 7. The molecule has 0 atom stereocenters. The van der Waals surface area contributed by atoms with E-state index < -0.39 is 14.6 Å².